The standard InChI is InChI=1S/C6H5N.Nb/c7-6-4-2-1-3-5-6;/h1-5H;. The molecule has 1 nitrogen and oxygen atoms in total. The molecule has 0 spiro atoms. The van der Waals surface area contributed by atoms with E-state index in [1.165, 1.54) is 20.9 Å². The van der Waals surface area contributed by atoms with Crippen molar-refractivity contribution in [3.8, 4) is 0 Å². The van der Waals surface area contributed by atoms with Crippen LogP contribution in [0.4, 0.5) is 5.69 Å². The summed E-state index contributed by atoms with van der Waals surface area (Å²) in [6.07, 6.45) is 0. The molecule has 0 radical (unpaired) electrons. The van der Waals surface area contributed by atoms with Gasteiger partial charge in [0, 0.05) is 0 Å². The summed E-state index contributed by atoms with van der Waals surface area (Å²) in [7, 11) is 0. The number of benzene rings is 1. The fourth-order valence-electron chi connectivity index (χ4n) is 0.495. The van der Waals surface area contributed by atoms with E-state index < -0.39 is 0 Å². The Bertz CT molecular complexity index is 171. The molecule has 0 saturated heterocycles. The number of nitrogens with zero attached hydrogens (tertiary/aromatic N) is 1. The number of rotatable bonds is 1. The van der Waals surface area contributed by atoms with Crippen LogP contribution in [0.15, 0.2) is 33.7 Å². The van der Waals surface area contributed by atoms with Crippen LogP contribution in [-0.2, 0) is 20.9 Å². The zero-order chi connectivity index (χ0) is 5.82. The molecule has 8 heavy (non-hydrogen) atoms. The van der Waals surface area contributed by atoms with E-state index in [-0.39, 0.29) is 0 Å². The van der Waals surface area contributed by atoms with Crippen LogP contribution in [0.3, 0.4) is 0 Å². The molecule has 1 rings (SSSR count). The normalized spacial score (nSPS) is 8.38. The minimum absolute atomic E-state index is 1.06. The van der Waals surface area contributed by atoms with Crippen LogP contribution in [0, 0.1) is 0 Å². The molecule has 0 aliphatic carbocycles. The molecule has 0 fully saturated rings. The molecule has 0 bridgehead atoms. The molecular weight excluding hydrogens is 179 g/mol. The third kappa shape index (κ3) is 1.37. The maximum atomic E-state index is 4.02. The van der Waals surface area contributed by atoms with Crippen molar-refractivity contribution in [2.24, 2.45) is 3.34 Å². The van der Waals surface area contributed by atoms with Crippen molar-refractivity contribution in [1.29, 1.82) is 0 Å². The predicted octanol–water partition coefficient (Wildman–Crippen LogP) is 2.05. The van der Waals surface area contributed by atoms with Crippen molar-refractivity contribution in [2.75, 3.05) is 0 Å². The molecular formula is C6H5NNb. The van der Waals surface area contributed by atoms with E-state index >= 15 is 0 Å². The average molecular weight is 184 g/mol. The van der Waals surface area contributed by atoms with Crippen LogP contribution in [-0.4, -0.2) is 0 Å². The fourth-order valence-corrected chi connectivity index (χ4v) is 0.822. The van der Waals surface area contributed by atoms with Gasteiger partial charge in [-0.2, -0.15) is 0 Å². The molecule has 0 aliphatic heterocycles. The van der Waals surface area contributed by atoms with Gasteiger partial charge >= 0.3 is 60.2 Å². The molecule has 39 valence electrons. The van der Waals surface area contributed by atoms with Gasteiger partial charge in [0.1, 0.15) is 0 Å². The quantitative estimate of drug-likeness (QED) is 0.592. The van der Waals surface area contributed by atoms with Crippen LogP contribution in [0.2, 0.25) is 0 Å². The summed E-state index contributed by atoms with van der Waals surface area (Å²) in [6.45, 7) is 0. The average Bonchev–Trinajstić information content (AvgIpc) is 1.90. The Morgan fingerprint density at radius 1 is 1.12 bits per heavy atom. The van der Waals surface area contributed by atoms with Gasteiger partial charge in [-0.3, -0.25) is 0 Å². The van der Waals surface area contributed by atoms with Crippen molar-refractivity contribution in [3.63, 3.8) is 0 Å². The summed E-state index contributed by atoms with van der Waals surface area (Å²) in [4.78, 5) is 0. The van der Waals surface area contributed by atoms with Gasteiger partial charge in [0.05, 0.1) is 0 Å². The summed E-state index contributed by atoms with van der Waals surface area (Å²) in [6, 6.07) is 9.92. The molecule has 0 heterocycles. The van der Waals surface area contributed by atoms with E-state index in [9.17, 15) is 0 Å². The minimum atomic E-state index is 1.06. The van der Waals surface area contributed by atoms with Crippen LogP contribution < -0.4 is 0 Å². The molecule has 1 aromatic carbocycles. The molecule has 0 saturated carbocycles. The van der Waals surface area contributed by atoms with E-state index in [1.807, 2.05) is 30.3 Å². The van der Waals surface area contributed by atoms with Gasteiger partial charge in [0.2, 0.25) is 0 Å². The molecule has 0 unspecified atom stereocenters. The van der Waals surface area contributed by atoms with Crippen molar-refractivity contribution in [2.45, 2.75) is 0 Å². The molecule has 2 heteroatoms. The Morgan fingerprint density at radius 2 is 1.75 bits per heavy atom. The van der Waals surface area contributed by atoms with Crippen molar-refractivity contribution >= 4 is 5.69 Å². The summed E-state index contributed by atoms with van der Waals surface area (Å²) in [5.74, 6) is 0. The van der Waals surface area contributed by atoms with Crippen LogP contribution in [0.25, 0.3) is 0 Å². The first-order valence-electron chi connectivity index (χ1n) is 2.33. The molecule has 0 amide bonds. The Balaban J connectivity index is 2.99. The second-order valence-corrected chi connectivity index (χ2v) is 1.93. The summed E-state index contributed by atoms with van der Waals surface area (Å²) >= 11 is 1.47. The first kappa shape index (κ1) is 5.89. The van der Waals surface area contributed by atoms with Gasteiger partial charge in [-0.05, 0) is 0 Å². The molecule has 1 aromatic rings. The molecule has 0 aliphatic rings. The third-order valence-corrected chi connectivity index (χ3v) is 1.44. The zero-order valence-corrected chi connectivity index (χ0v) is 6.48. The van der Waals surface area contributed by atoms with E-state index in [2.05, 4.69) is 3.34 Å². The van der Waals surface area contributed by atoms with E-state index in [4.69, 9.17) is 0 Å². The summed E-state index contributed by atoms with van der Waals surface area (Å²) in [5.41, 5.74) is 1.06. The first-order valence-corrected chi connectivity index (χ1v) is 3.32. The Morgan fingerprint density at radius 3 is 2.12 bits per heavy atom. The van der Waals surface area contributed by atoms with Gasteiger partial charge in [-0.15, -0.1) is 0 Å². The predicted molar refractivity (Wildman–Crippen MR) is 28.5 cm³/mol. The number of hydrogen-bond donors (Lipinski definition) is 0. The fraction of sp³-hybridized carbons (Fsp3) is 0. The second kappa shape index (κ2) is 2.92. The second-order valence-electron chi connectivity index (χ2n) is 1.44. The Kier molecular flexibility index (Phi) is 2.15. The maximum absolute atomic E-state index is 4.02. The monoisotopic (exact) mass is 184 g/mol. The van der Waals surface area contributed by atoms with E-state index in [1.54, 1.807) is 0 Å². The van der Waals surface area contributed by atoms with Crippen molar-refractivity contribution < 1.29 is 20.9 Å². The van der Waals surface area contributed by atoms with Crippen LogP contribution in [0.1, 0.15) is 0 Å². The molecule has 0 atom stereocenters. The van der Waals surface area contributed by atoms with Gasteiger partial charge in [0.25, 0.3) is 0 Å². The van der Waals surface area contributed by atoms with Gasteiger partial charge in [0.15, 0.2) is 0 Å². The Labute approximate surface area is 60.5 Å². The van der Waals surface area contributed by atoms with Crippen LogP contribution in [0.5, 0.6) is 0 Å². The van der Waals surface area contributed by atoms with E-state index in [0.29, 0.717) is 0 Å². The Hall–Kier alpha value is -0.240. The SMILES string of the molecule is [Nb]=[N]c1ccccc1. The third-order valence-electron chi connectivity index (χ3n) is 0.872. The zero-order valence-electron chi connectivity index (χ0n) is 4.28. The molecule has 0 N–H and O–H groups in total. The van der Waals surface area contributed by atoms with Crippen molar-refractivity contribution in [3.05, 3.63) is 30.3 Å². The first-order chi connectivity index (χ1) is 3.93. The summed E-state index contributed by atoms with van der Waals surface area (Å²) in [5, 5.41) is 0. The van der Waals surface area contributed by atoms with Gasteiger partial charge in [-0.25, -0.2) is 0 Å². The van der Waals surface area contributed by atoms with Crippen molar-refractivity contribution in [1.82, 2.24) is 0 Å². The number of hydrogen-bond acceptors (Lipinski definition) is 1. The van der Waals surface area contributed by atoms with Crippen LogP contribution >= 0.6 is 0 Å². The molecule has 0 aromatic heterocycles. The summed E-state index contributed by atoms with van der Waals surface area (Å²) < 4.78 is 4.02. The van der Waals surface area contributed by atoms with Gasteiger partial charge in [-0.1, -0.05) is 0 Å². The van der Waals surface area contributed by atoms with E-state index in [0.717, 1.165) is 5.69 Å². The topological polar surface area (TPSA) is 12.4 Å². The van der Waals surface area contributed by atoms with Gasteiger partial charge < -0.3 is 0 Å².